The van der Waals surface area contributed by atoms with E-state index < -0.39 is 10.0 Å². The van der Waals surface area contributed by atoms with E-state index in [1.54, 1.807) is 4.68 Å². The van der Waals surface area contributed by atoms with Gasteiger partial charge in [-0.1, -0.05) is 0 Å². The Kier molecular flexibility index (Phi) is 5.24. The topological polar surface area (TPSA) is 108 Å². The minimum absolute atomic E-state index is 0.198. The predicted octanol–water partition coefficient (Wildman–Crippen LogP) is 1.66. The first-order valence-corrected chi connectivity index (χ1v) is 10.9. The Bertz CT molecular complexity index is 1190. The van der Waals surface area contributed by atoms with E-state index in [1.165, 1.54) is 28.6 Å². The molecule has 30 heavy (non-hydrogen) atoms. The summed E-state index contributed by atoms with van der Waals surface area (Å²) in [4.78, 5) is 2.21. The van der Waals surface area contributed by atoms with Gasteiger partial charge in [0.1, 0.15) is 0 Å². The van der Waals surface area contributed by atoms with Crippen LogP contribution in [0.3, 0.4) is 0 Å². The Morgan fingerprint density at radius 3 is 2.10 bits per heavy atom. The van der Waals surface area contributed by atoms with Crippen molar-refractivity contribution in [3.63, 3.8) is 0 Å². The highest BCUT2D eigenvalue weighted by Gasteiger charge is 2.29. The fourth-order valence-corrected chi connectivity index (χ4v) is 4.89. The number of aryl methyl sites for hydroxylation is 2. The third-order valence-corrected chi connectivity index (χ3v) is 6.96. The summed E-state index contributed by atoms with van der Waals surface area (Å²) in [5.41, 5.74) is 2.33. The third kappa shape index (κ3) is 3.77. The summed E-state index contributed by atoms with van der Waals surface area (Å²) in [7, 11) is -3.59. The maximum absolute atomic E-state index is 12.9. The standard InChI is InChI=1S/C20H21N7O2S/c1-15-13-16(2)27(24-15)20-8-7-19(22-23-20)25-9-11-26(12-10-25)30(28,29)18-5-3-17(14-21)4-6-18/h3-8,13H,9-12H2,1-2H3. The molecule has 3 heterocycles. The number of nitriles is 1. The number of rotatable bonds is 4. The Morgan fingerprint density at radius 2 is 1.57 bits per heavy atom. The number of benzene rings is 1. The molecule has 0 unspecified atom stereocenters. The van der Waals surface area contributed by atoms with E-state index in [2.05, 4.69) is 15.3 Å². The molecule has 0 atom stereocenters. The van der Waals surface area contributed by atoms with Gasteiger partial charge < -0.3 is 4.90 Å². The summed E-state index contributed by atoms with van der Waals surface area (Å²) >= 11 is 0. The number of sulfonamides is 1. The Balaban J connectivity index is 1.44. The number of hydrogen-bond acceptors (Lipinski definition) is 7. The van der Waals surface area contributed by atoms with Crippen molar-refractivity contribution in [2.24, 2.45) is 0 Å². The molecular weight excluding hydrogens is 402 g/mol. The maximum atomic E-state index is 12.9. The first-order chi connectivity index (χ1) is 14.4. The van der Waals surface area contributed by atoms with Crippen molar-refractivity contribution in [1.82, 2.24) is 24.3 Å². The zero-order valence-corrected chi connectivity index (χ0v) is 17.5. The minimum Gasteiger partial charge on any atom is -0.352 e. The number of nitrogens with zero attached hydrogens (tertiary/aromatic N) is 7. The average molecular weight is 424 g/mol. The molecule has 0 spiro atoms. The molecule has 1 saturated heterocycles. The van der Waals surface area contributed by atoms with Crippen molar-refractivity contribution >= 4 is 15.8 Å². The zero-order valence-electron chi connectivity index (χ0n) is 16.7. The lowest BCUT2D eigenvalue weighted by molar-refractivity contribution is 0.383. The predicted molar refractivity (Wildman–Crippen MR) is 111 cm³/mol. The maximum Gasteiger partial charge on any atom is 0.243 e. The lowest BCUT2D eigenvalue weighted by Crippen LogP contribution is -2.49. The summed E-state index contributed by atoms with van der Waals surface area (Å²) < 4.78 is 28.9. The summed E-state index contributed by atoms with van der Waals surface area (Å²) in [6.07, 6.45) is 0. The largest absolute Gasteiger partial charge is 0.352 e. The van der Waals surface area contributed by atoms with Crippen molar-refractivity contribution in [2.75, 3.05) is 31.1 Å². The van der Waals surface area contributed by atoms with Crippen LogP contribution >= 0.6 is 0 Å². The summed E-state index contributed by atoms with van der Waals surface area (Å²) in [5, 5.41) is 21.9. The highest BCUT2D eigenvalue weighted by Crippen LogP contribution is 2.21. The molecule has 0 aliphatic carbocycles. The molecule has 2 aromatic heterocycles. The molecule has 0 N–H and O–H groups in total. The third-order valence-electron chi connectivity index (χ3n) is 5.05. The first kappa shape index (κ1) is 20.0. The highest BCUT2D eigenvalue weighted by atomic mass is 32.2. The van der Waals surface area contributed by atoms with Gasteiger partial charge in [-0.2, -0.15) is 14.7 Å². The smallest absolute Gasteiger partial charge is 0.243 e. The van der Waals surface area contributed by atoms with Gasteiger partial charge in [0, 0.05) is 31.9 Å². The molecule has 1 fully saturated rings. The summed E-state index contributed by atoms with van der Waals surface area (Å²) in [5.74, 6) is 1.35. The summed E-state index contributed by atoms with van der Waals surface area (Å²) in [6, 6.07) is 13.7. The fraction of sp³-hybridized carbons (Fsp3) is 0.300. The van der Waals surface area contributed by atoms with Gasteiger partial charge in [0.15, 0.2) is 11.6 Å². The van der Waals surface area contributed by atoms with Crippen LogP contribution in [0.5, 0.6) is 0 Å². The van der Waals surface area contributed by atoms with Crippen LogP contribution in [0.1, 0.15) is 17.0 Å². The SMILES string of the molecule is Cc1cc(C)n(-c2ccc(N3CCN(S(=O)(=O)c4ccc(C#N)cc4)CC3)nn2)n1. The van der Waals surface area contributed by atoms with Crippen LogP contribution in [0.4, 0.5) is 5.82 Å². The molecule has 154 valence electrons. The quantitative estimate of drug-likeness (QED) is 0.628. The van der Waals surface area contributed by atoms with Gasteiger partial charge in [0.2, 0.25) is 10.0 Å². The minimum atomic E-state index is -3.59. The van der Waals surface area contributed by atoms with Crippen LogP contribution in [-0.4, -0.2) is 58.9 Å². The molecule has 3 aromatic rings. The van der Waals surface area contributed by atoms with Gasteiger partial charge in [-0.15, -0.1) is 10.2 Å². The molecule has 1 aliphatic rings. The molecular formula is C20H21N7O2S. The Morgan fingerprint density at radius 1 is 0.933 bits per heavy atom. The molecule has 4 rings (SSSR count). The second-order valence-corrected chi connectivity index (χ2v) is 9.05. The van der Waals surface area contributed by atoms with Crippen LogP contribution in [-0.2, 0) is 10.0 Å². The molecule has 10 heteroatoms. The van der Waals surface area contributed by atoms with Gasteiger partial charge in [0.05, 0.1) is 22.2 Å². The van der Waals surface area contributed by atoms with E-state index in [0.717, 1.165) is 11.4 Å². The lowest BCUT2D eigenvalue weighted by Gasteiger charge is -2.34. The van der Waals surface area contributed by atoms with Gasteiger partial charge in [0.25, 0.3) is 0 Å². The van der Waals surface area contributed by atoms with Gasteiger partial charge in [-0.3, -0.25) is 0 Å². The monoisotopic (exact) mass is 423 g/mol. The van der Waals surface area contributed by atoms with E-state index in [9.17, 15) is 8.42 Å². The van der Waals surface area contributed by atoms with E-state index >= 15 is 0 Å². The van der Waals surface area contributed by atoms with Crippen LogP contribution in [0.15, 0.2) is 47.4 Å². The second kappa shape index (κ2) is 7.85. The van der Waals surface area contributed by atoms with E-state index in [-0.39, 0.29) is 4.90 Å². The van der Waals surface area contributed by atoms with Crippen LogP contribution in [0, 0.1) is 25.2 Å². The van der Waals surface area contributed by atoms with E-state index in [4.69, 9.17) is 5.26 Å². The Hall–Kier alpha value is -3.29. The average Bonchev–Trinajstić information content (AvgIpc) is 3.12. The van der Waals surface area contributed by atoms with Crippen LogP contribution < -0.4 is 4.90 Å². The molecule has 0 amide bonds. The van der Waals surface area contributed by atoms with Crippen molar-refractivity contribution in [2.45, 2.75) is 18.7 Å². The summed E-state index contributed by atoms with van der Waals surface area (Å²) in [6.45, 7) is 5.62. The fourth-order valence-electron chi connectivity index (χ4n) is 3.47. The van der Waals surface area contributed by atoms with E-state index in [0.29, 0.717) is 43.4 Å². The molecule has 1 aromatic carbocycles. The van der Waals surface area contributed by atoms with Gasteiger partial charge in [-0.25, -0.2) is 13.1 Å². The van der Waals surface area contributed by atoms with Gasteiger partial charge >= 0.3 is 0 Å². The van der Waals surface area contributed by atoms with Crippen molar-refractivity contribution < 1.29 is 8.42 Å². The molecule has 0 radical (unpaired) electrons. The zero-order chi connectivity index (χ0) is 21.3. The number of anilines is 1. The molecule has 9 nitrogen and oxygen atoms in total. The highest BCUT2D eigenvalue weighted by molar-refractivity contribution is 7.89. The molecule has 1 aliphatic heterocycles. The van der Waals surface area contributed by atoms with Crippen LogP contribution in [0.2, 0.25) is 0 Å². The van der Waals surface area contributed by atoms with Crippen molar-refractivity contribution in [3.05, 3.63) is 59.4 Å². The number of piperazine rings is 1. The molecule has 0 bridgehead atoms. The van der Waals surface area contributed by atoms with E-state index in [1.807, 2.05) is 43.0 Å². The first-order valence-electron chi connectivity index (χ1n) is 9.51. The second-order valence-electron chi connectivity index (χ2n) is 7.12. The molecule has 0 saturated carbocycles. The normalized spacial score (nSPS) is 15.2. The lowest BCUT2D eigenvalue weighted by atomic mass is 10.2. The number of aromatic nitrogens is 4. The van der Waals surface area contributed by atoms with Gasteiger partial charge in [-0.05, 0) is 56.3 Å². The van der Waals surface area contributed by atoms with Crippen molar-refractivity contribution in [3.8, 4) is 11.9 Å². The Labute approximate surface area is 175 Å². The number of hydrogen-bond donors (Lipinski definition) is 0. The van der Waals surface area contributed by atoms with Crippen LogP contribution in [0.25, 0.3) is 5.82 Å². The van der Waals surface area contributed by atoms with Crippen molar-refractivity contribution in [1.29, 1.82) is 5.26 Å².